The van der Waals surface area contributed by atoms with Crippen LogP contribution < -0.4 is 0 Å². The Morgan fingerprint density at radius 3 is 2.40 bits per heavy atom. The number of carbonyl (C=O) groups excluding carboxylic acids is 1. The molecule has 4 heteroatoms. The van der Waals surface area contributed by atoms with Crippen molar-refractivity contribution in [2.75, 3.05) is 0 Å². The van der Waals surface area contributed by atoms with Crippen LogP contribution in [-0.4, -0.2) is 20.0 Å². The van der Waals surface area contributed by atoms with Crippen LogP contribution in [0.15, 0.2) is 81.8 Å². The van der Waals surface area contributed by atoms with Crippen molar-refractivity contribution in [2.24, 2.45) is 5.41 Å². The average molecular weight is 427 g/mol. The van der Waals surface area contributed by atoms with Gasteiger partial charge in [0.15, 0.2) is 9.84 Å². The van der Waals surface area contributed by atoms with Gasteiger partial charge in [-0.05, 0) is 81.2 Å². The van der Waals surface area contributed by atoms with Crippen molar-refractivity contribution in [1.82, 2.24) is 0 Å². The Morgan fingerprint density at radius 1 is 1.13 bits per heavy atom. The number of allylic oxidation sites excluding steroid dienone is 7. The first-order valence-electron chi connectivity index (χ1n) is 10.5. The molecule has 1 aliphatic carbocycles. The molecule has 0 heterocycles. The van der Waals surface area contributed by atoms with Gasteiger partial charge in [0.2, 0.25) is 0 Å². The molecule has 0 fully saturated rings. The Kier molecular flexibility index (Phi) is 8.19. The Labute approximate surface area is 182 Å². The zero-order valence-corrected chi connectivity index (χ0v) is 19.6. The summed E-state index contributed by atoms with van der Waals surface area (Å²) >= 11 is 0. The van der Waals surface area contributed by atoms with Crippen molar-refractivity contribution < 1.29 is 13.2 Å². The van der Waals surface area contributed by atoms with E-state index in [9.17, 15) is 13.2 Å². The third-order valence-electron chi connectivity index (χ3n) is 5.89. The van der Waals surface area contributed by atoms with E-state index >= 15 is 0 Å². The quantitative estimate of drug-likeness (QED) is 0.209. The summed E-state index contributed by atoms with van der Waals surface area (Å²) in [6.07, 6.45) is 11.4. The SMILES string of the molecule is CC1=C(C(C/C(C)=C/C=C/C(C)=C/C=O)S(=O)(=O)c2ccccc2)C(C)(C)CCC1. The second kappa shape index (κ2) is 10.2. The summed E-state index contributed by atoms with van der Waals surface area (Å²) in [6, 6.07) is 8.80. The van der Waals surface area contributed by atoms with Gasteiger partial charge in [0.05, 0.1) is 10.1 Å². The number of hydrogen-bond acceptors (Lipinski definition) is 3. The molecular formula is C26H34O3S. The summed E-state index contributed by atoms with van der Waals surface area (Å²) in [5, 5.41) is -0.577. The summed E-state index contributed by atoms with van der Waals surface area (Å²) in [7, 11) is -3.53. The summed E-state index contributed by atoms with van der Waals surface area (Å²) in [6.45, 7) is 10.3. The monoisotopic (exact) mass is 426 g/mol. The number of carbonyl (C=O) groups is 1. The lowest BCUT2D eigenvalue weighted by Crippen LogP contribution is -2.34. The normalized spacial score (nSPS) is 19.2. The van der Waals surface area contributed by atoms with E-state index in [1.807, 2.05) is 38.1 Å². The minimum atomic E-state index is -3.53. The van der Waals surface area contributed by atoms with Crippen molar-refractivity contribution in [3.8, 4) is 0 Å². The molecule has 0 saturated carbocycles. The molecule has 30 heavy (non-hydrogen) atoms. The fraction of sp³-hybridized carbons (Fsp3) is 0.423. The van der Waals surface area contributed by atoms with E-state index in [2.05, 4.69) is 20.8 Å². The molecule has 1 aliphatic rings. The zero-order valence-electron chi connectivity index (χ0n) is 18.8. The average Bonchev–Trinajstić information content (AvgIpc) is 2.67. The second-order valence-corrected chi connectivity index (χ2v) is 11.0. The van der Waals surface area contributed by atoms with Crippen molar-refractivity contribution >= 4 is 16.1 Å². The van der Waals surface area contributed by atoms with Gasteiger partial charge in [-0.25, -0.2) is 8.42 Å². The van der Waals surface area contributed by atoms with E-state index in [4.69, 9.17) is 0 Å². The molecule has 0 radical (unpaired) electrons. The second-order valence-electron chi connectivity index (χ2n) is 8.90. The van der Waals surface area contributed by atoms with Gasteiger partial charge in [0.25, 0.3) is 0 Å². The number of aldehydes is 1. The van der Waals surface area contributed by atoms with Crippen molar-refractivity contribution in [3.63, 3.8) is 0 Å². The minimum absolute atomic E-state index is 0.145. The van der Waals surface area contributed by atoms with E-state index in [1.165, 1.54) is 11.6 Å². The van der Waals surface area contributed by atoms with Gasteiger partial charge >= 0.3 is 0 Å². The molecule has 0 N–H and O–H groups in total. The van der Waals surface area contributed by atoms with Gasteiger partial charge in [-0.2, -0.15) is 0 Å². The third kappa shape index (κ3) is 5.91. The highest BCUT2D eigenvalue weighted by Gasteiger charge is 2.40. The maximum atomic E-state index is 13.7. The Hall–Kier alpha value is -2.20. The Bertz CT molecular complexity index is 974. The smallest absolute Gasteiger partial charge is 0.185 e. The summed E-state index contributed by atoms with van der Waals surface area (Å²) in [5.41, 5.74) is 4.00. The lowest BCUT2D eigenvalue weighted by molar-refractivity contribution is -0.104. The van der Waals surface area contributed by atoms with Crippen molar-refractivity contribution in [3.05, 3.63) is 76.9 Å². The van der Waals surface area contributed by atoms with Gasteiger partial charge in [-0.3, -0.25) is 4.79 Å². The van der Waals surface area contributed by atoms with E-state index < -0.39 is 15.1 Å². The predicted octanol–water partition coefficient (Wildman–Crippen LogP) is 6.39. The lowest BCUT2D eigenvalue weighted by atomic mass is 9.71. The summed E-state index contributed by atoms with van der Waals surface area (Å²) < 4.78 is 27.5. The van der Waals surface area contributed by atoms with Crippen LogP contribution in [0.5, 0.6) is 0 Å². The van der Waals surface area contributed by atoms with Crippen LogP contribution in [0.2, 0.25) is 0 Å². The first kappa shape index (κ1) is 24.1. The van der Waals surface area contributed by atoms with E-state index in [1.54, 1.807) is 24.3 Å². The fourth-order valence-corrected chi connectivity index (χ4v) is 6.56. The van der Waals surface area contributed by atoms with Crippen LogP contribution in [0.1, 0.15) is 60.3 Å². The molecule has 0 amide bonds. The third-order valence-corrected chi connectivity index (χ3v) is 7.97. The molecule has 1 aromatic rings. The largest absolute Gasteiger partial charge is 0.299 e. The van der Waals surface area contributed by atoms with Crippen LogP contribution in [-0.2, 0) is 14.6 Å². The van der Waals surface area contributed by atoms with Gasteiger partial charge < -0.3 is 0 Å². The van der Waals surface area contributed by atoms with Crippen LogP contribution in [0.3, 0.4) is 0 Å². The van der Waals surface area contributed by atoms with Crippen LogP contribution in [0, 0.1) is 5.41 Å². The van der Waals surface area contributed by atoms with Crippen molar-refractivity contribution in [1.29, 1.82) is 0 Å². The molecule has 1 aromatic carbocycles. The summed E-state index contributed by atoms with van der Waals surface area (Å²) in [4.78, 5) is 11.0. The number of sulfone groups is 1. The highest BCUT2D eigenvalue weighted by Crippen LogP contribution is 2.46. The zero-order chi connectivity index (χ0) is 22.4. The lowest BCUT2D eigenvalue weighted by Gasteiger charge is -2.39. The molecular weight excluding hydrogens is 392 g/mol. The predicted molar refractivity (Wildman–Crippen MR) is 125 cm³/mol. The summed E-state index contributed by atoms with van der Waals surface area (Å²) in [5.74, 6) is 0. The molecule has 162 valence electrons. The fourth-order valence-electron chi connectivity index (χ4n) is 4.38. The molecule has 0 spiro atoms. The number of rotatable bonds is 8. The highest BCUT2D eigenvalue weighted by molar-refractivity contribution is 7.92. The number of benzene rings is 1. The molecule has 0 aromatic heterocycles. The first-order valence-corrected chi connectivity index (χ1v) is 12.1. The first-order chi connectivity index (χ1) is 14.1. The van der Waals surface area contributed by atoms with Crippen LogP contribution >= 0.6 is 0 Å². The molecule has 0 saturated heterocycles. The van der Waals surface area contributed by atoms with Gasteiger partial charge in [-0.1, -0.05) is 61.4 Å². The highest BCUT2D eigenvalue weighted by atomic mass is 32.2. The van der Waals surface area contributed by atoms with Crippen LogP contribution in [0.4, 0.5) is 0 Å². The van der Waals surface area contributed by atoms with Gasteiger partial charge in [-0.15, -0.1) is 0 Å². The molecule has 0 aliphatic heterocycles. The molecule has 0 bridgehead atoms. The maximum Gasteiger partial charge on any atom is 0.185 e. The van der Waals surface area contributed by atoms with E-state index in [0.717, 1.165) is 42.3 Å². The van der Waals surface area contributed by atoms with E-state index in [0.29, 0.717) is 11.3 Å². The number of hydrogen-bond donors (Lipinski definition) is 0. The molecule has 2 rings (SSSR count). The standard InChI is InChI=1S/C26H34O3S/c1-20(16-18-27)11-9-12-21(2)19-24(25-22(3)13-10-17-26(25,4)5)30(28,29)23-14-7-6-8-15-23/h6-9,11-12,14-16,18,24H,10,13,17,19H2,1-5H3/b11-9+,20-16+,21-12+. The molecule has 1 atom stereocenters. The van der Waals surface area contributed by atoms with E-state index in [-0.39, 0.29) is 5.41 Å². The Morgan fingerprint density at radius 2 is 1.80 bits per heavy atom. The minimum Gasteiger partial charge on any atom is -0.299 e. The Balaban J connectivity index is 2.50. The van der Waals surface area contributed by atoms with Crippen LogP contribution in [0.25, 0.3) is 0 Å². The maximum absolute atomic E-state index is 13.7. The topological polar surface area (TPSA) is 51.2 Å². The van der Waals surface area contributed by atoms with Crippen molar-refractivity contribution in [2.45, 2.75) is 70.4 Å². The van der Waals surface area contributed by atoms with Gasteiger partial charge in [0.1, 0.15) is 6.29 Å². The molecule has 3 nitrogen and oxygen atoms in total. The van der Waals surface area contributed by atoms with Gasteiger partial charge in [0, 0.05) is 0 Å². The molecule has 1 unspecified atom stereocenters.